The summed E-state index contributed by atoms with van der Waals surface area (Å²) < 4.78 is 2.36. The summed E-state index contributed by atoms with van der Waals surface area (Å²) in [5.41, 5.74) is 3.53. The van der Waals surface area contributed by atoms with E-state index in [4.69, 9.17) is 0 Å². The molecule has 1 fully saturated rings. The highest BCUT2D eigenvalue weighted by Gasteiger charge is 2.26. The van der Waals surface area contributed by atoms with E-state index in [9.17, 15) is 0 Å². The third-order valence-electron chi connectivity index (χ3n) is 6.14. The normalized spacial score (nSPS) is 19.5. The number of nitrogens with one attached hydrogen (secondary N) is 1. The first-order chi connectivity index (χ1) is 13.8. The van der Waals surface area contributed by atoms with E-state index in [1.165, 1.54) is 36.6 Å². The number of nitrogens with zero attached hydrogens (tertiary/aromatic N) is 4. The van der Waals surface area contributed by atoms with Crippen molar-refractivity contribution in [3.8, 4) is 0 Å². The summed E-state index contributed by atoms with van der Waals surface area (Å²) in [6, 6.07) is 13.5. The van der Waals surface area contributed by atoms with Crippen LogP contribution < -0.4 is 5.32 Å². The van der Waals surface area contributed by atoms with Crippen molar-refractivity contribution in [1.29, 1.82) is 0 Å². The van der Waals surface area contributed by atoms with Gasteiger partial charge in [0.25, 0.3) is 0 Å². The van der Waals surface area contributed by atoms with Crippen molar-refractivity contribution >= 4 is 27.8 Å². The predicted octanol–water partition coefficient (Wildman–Crippen LogP) is 5.00. The number of benzene rings is 1. The van der Waals surface area contributed by atoms with Crippen LogP contribution in [0.3, 0.4) is 0 Å². The molecule has 1 saturated carbocycles. The second-order valence-corrected chi connectivity index (χ2v) is 7.87. The third kappa shape index (κ3) is 3.21. The van der Waals surface area contributed by atoms with Crippen molar-refractivity contribution < 1.29 is 0 Å². The molecule has 0 radical (unpaired) electrons. The zero-order chi connectivity index (χ0) is 18.9. The molecule has 3 heterocycles. The molecule has 2 atom stereocenters. The van der Waals surface area contributed by atoms with Crippen molar-refractivity contribution in [3.63, 3.8) is 0 Å². The van der Waals surface area contributed by atoms with Crippen LogP contribution in [0.15, 0.2) is 55.1 Å². The summed E-state index contributed by atoms with van der Waals surface area (Å²) in [5, 5.41) is 5.46. The van der Waals surface area contributed by atoms with E-state index in [0.717, 1.165) is 34.7 Å². The van der Waals surface area contributed by atoms with E-state index in [2.05, 4.69) is 61.4 Å². The summed E-state index contributed by atoms with van der Waals surface area (Å²) in [7, 11) is 1.91. The lowest BCUT2D eigenvalue weighted by atomic mass is 9.97. The van der Waals surface area contributed by atoms with Gasteiger partial charge in [0.05, 0.1) is 5.52 Å². The van der Waals surface area contributed by atoms with Gasteiger partial charge in [-0.2, -0.15) is 0 Å². The molecule has 0 aliphatic heterocycles. The smallest absolute Gasteiger partial charge is 0.143 e. The first-order valence-electron chi connectivity index (χ1n) is 10.1. The second kappa shape index (κ2) is 7.23. The van der Waals surface area contributed by atoms with Gasteiger partial charge in [-0.25, -0.2) is 15.0 Å². The van der Waals surface area contributed by atoms with Gasteiger partial charge in [-0.1, -0.05) is 12.1 Å². The topological polar surface area (TPSA) is 55.6 Å². The molecule has 5 heteroatoms. The fraction of sp³-hybridized carbons (Fsp3) is 0.348. The molecule has 0 saturated heterocycles. The molecule has 1 unspecified atom stereocenters. The van der Waals surface area contributed by atoms with Gasteiger partial charge in [-0.15, -0.1) is 0 Å². The minimum Gasteiger partial charge on any atom is -0.373 e. The van der Waals surface area contributed by atoms with E-state index in [1.807, 2.05) is 19.3 Å². The molecule has 3 aromatic heterocycles. The van der Waals surface area contributed by atoms with Gasteiger partial charge in [0.1, 0.15) is 17.8 Å². The average Bonchev–Trinajstić information content (AvgIpc) is 3.38. The van der Waals surface area contributed by atoms with Gasteiger partial charge in [0, 0.05) is 36.3 Å². The lowest BCUT2D eigenvalue weighted by Gasteiger charge is -2.14. The minimum atomic E-state index is 0.564. The molecule has 4 aromatic rings. The zero-order valence-corrected chi connectivity index (χ0v) is 16.2. The maximum atomic E-state index is 4.68. The van der Waals surface area contributed by atoms with Gasteiger partial charge in [-0.05, 0) is 67.9 Å². The Kier molecular flexibility index (Phi) is 4.43. The first-order valence-corrected chi connectivity index (χ1v) is 10.1. The highest BCUT2D eigenvalue weighted by molar-refractivity contribution is 5.81. The lowest BCUT2D eigenvalue weighted by Crippen LogP contribution is -2.05. The van der Waals surface area contributed by atoms with Gasteiger partial charge in [-0.3, -0.25) is 0 Å². The van der Waals surface area contributed by atoms with Gasteiger partial charge in [0.2, 0.25) is 0 Å². The molecule has 0 spiro atoms. The van der Waals surface area contributed by atoms with Gasteiger partial charge in [0.15, 0.2) is 0 Å². The SMILES string of the molecule is CNc1ccc2ccc(CCC3CC[C@H](n4ccc5cncnc54)C3)cc2n1. The Morgan fingerprint density at radius 1 is 1.11 bits per heavy atom. The van der Waals surface area contributed by atoms with Crippen molar-refractivity contribution in [2.24, 2.45) is 5.92 Å². The second-order valence-electron chi connectivity index (χ2n) is 7.87. The molecule has 28 heavy (non-hydrogen) atoms. The molecule has 1 aliphatic carbocycles. The van der Waals surface area contributed by atoms with Gasteiger partial charge >= 0.3 is 0 Å². The maximum absolute atomic E-state index is 4.68. The lowest BCUT2D eigenvalue weighted by molar-refractivity contribution is 0.461. The van der Waals surface area contributed by atoms with E-state index < -0.39 is 0 Å². The molecular formula is C23H25N5. The van der Waals surface area contributed by atoms with Gasteiger partial charge < -0.3 is 9.88 Å². The maximum Gasteiger partial charge on any atom is 0.143 e. The number of pyridine rings is 1. The summed E-state index contributed by atoms with van der Waals surface area (Å²) >= 11 is 0. The van der Waals surface area contributed by atoms with Crippen LogP contribution in [0.25, 0.3) is 21.9 Å². The Labute approximate surface area is 164 Å². The molecular weight excluding hydrogens is 346 g/mol. The minimum absolute atomic E-state index is 0.564. The molecule has 1 aliphatic rings. The van der Waals surface area contributed by atoms with Crippen LogP contribution >= 0.6 is 0 Å². The Morgan fingerprint density at radius 2 is 2.04 bits per heavy atom. The van der Waals surface area contributed by atoms with Crippen molar-refractivity contribution in [2.75, 3.05) is 12.4 Å². The van der Waals surface area contributed by atoms with Crippen LogP contribution in [0.2, 0.25) is 0 Å². The molecule has 0 bridgehead atoms. The fourth-order valence-corrected chi connectivity index (χ4v) is 4.58. The molecule has 5 rings (SSSR count). The van der Waals surface area contributed by atoms with E-state index in [-0.39, 0.29) is 0 Å². The summed E-state index contributed by atoms with van der Waals surface area (Å²) in [4.78, 5) is 13.3. The zero-order valence-electron chi connectivity index (χ0n) is 16.2. The quantitative estimate of drug-likeness (QED) is 0.537. The summed E-state index contributed by atoms with van der Waals surface area (Å²) in [6.45, 7) is 0. The van der Waals surface area contributed by atoms with Crippen molar-refractivity contribution in [1.82, 2.24) is 19.5 Å². The van der Waals surface area contributed by atoms with Crippen LogP contribution in [0.5, 0.6) is 0 Å². The van der Waals surface area contributed by atoms with Crippen LogP contribution in [0.4, 0.5) is 5.82 Å². The Balaban J connectivity index is 1.26. The van der Waals surface area contributed by atoms with E-state index >= 15 is 0 Å². The Bertz CT molecular complexity index is 1120. The van der Waals surface area contributed by atoms with Crippen LogP contribution in [-0.4, -0.2) is 26.6 Å². The van der Waals surface area contributed by atoms with E-state index in [0.29, 0.717) is 6.04 Å². The largest absolute Gasteiger partial charge is 0.373 e. The molecule has 5 nitrogen and oxygen atoms in total. The predicted molar refractivity (Wildman–Crippen MR) is 114 cm³/mol. The number of fused-ring (bicyclic) bond motifs is 2. The highest BCUT2D eigenvalue weighted by atomic mass is 15.1. The molecule has 1 aromatic carbocycles. The number of hydrogen-bond acceptors (Lipinski definition) is 4. The summed E-state index contributed by atoms with van der Waals surface area (Å²) in [5.74, 6) is 1.70. The van der Waals surface area contributed by atoms with Crippen LogP contribution in [-0.2, 0) is 6.42 Å². The van der Waals surface area contributed by atoms with Crippen molar-refractivity contribution in [3.05, 3.63) is 60.7 Å². The fourth-order valence-electron chi connectivity index (χ4n) is 4.58. The van der Waals surface area contributed by atoms with Crippen LogP contribution in [0.1, 0.15) is 37.3 Å². The molecule has 0 amide bonds. The molecule has 1 N–H and O–H groups in total. The van der Waals surface area contributed by atoms with Crippen molar-refractivity contribution in [2.45, 2.75) is 38.1 Å². The number of aryl methyl sites for hydroxylation is 1. The Hall–Kier alpha value is -2.95. The monoisotopic (exact) mass is 371 g/mol. The highest BCUT2D eigenvalue weighted by Crippen LogP contribution is 2.38. The third-order valence-corrected chi connectivity index (χ3v) is 6.14. The average molecular weight is 371 g/mol. The standard InChI is InChI=1S/C23H25N5/c1-24-22-9-7-18-6-4-17(13-21(18)27-22)3-2-16-5-8-20(12-16)28-11-10-19-14-25-15-26-23(19)28/h4,6-7,9-11,13-16,20H,2-3,5,8,12H2,1H3,(H,24,27)/t16?,20-/m0/s1. The summed E-state index contributed by atoms with van der Waals surface area (Å²) in [6.07, 6.45) is 11.9. The number of rotatable bonds is 5. The first kappa shape index (κ1) is 17.2. The Morgan fingerprint density at radius 3 is 2.96 bits per heavy atom. The number of hydrogen-bond donors (Lipinski definition) is 1. The van der Waals surface area contributed by atoms with Crippen LogP contribution in [0, 0.1) is 5.92 Å². The number of aromatic nitrogens is 4. The molecule has 142 valence electrons. The number of anilines is 1. The van der Waals surface area contributed by atoms with E-state index in [1.54, 1.807) is 6.33 Å².